The van der Waals surface area contributed by atoms with Crippen LogP contribution in [0.1, 0.15) is 42.1 Å². The number of carbonyl (C=O) groups is 1. The van der Waals surface area contributed by atoms with Gasteiger partial charge < -0.3 is 10.6 Å². The van der Waals surface area contributed by atoms with E-state index in [1.54, 1.807) is 12.1 Å². The van der Waals surface area contributed by atoms with Crippen molar-refractivity contribution in [2.45, 2.75) is 44.7 Å². The van der Waals surface area contributed by atoms with E-state index < -0.39 is 10.0 Å². The standard InChI is InChI=1S/C17H25N3O3S.ClH/c1-12-10-15(7-8-18-12)19-17(21)14-5-6-16-13(11-14)4-3-9-20(16)24(2,22)23;/h5-6,11-12,15,18H,3-4,7-10H2,1-2H3,(H,19,21);1H. The number of carbonyl (C=O) groups excluding carboxylic acids is 1. The minimum Gasteiger partial charge on any atom is -0.349 e. The molecule has 1 amide bonds. The number of sulfonamides is 1. The van der Waals surface area contributed by atoms with E-state index in [0.29, 0.717) is 23.8 Å². The molecule has 2 aliphatic heterocycles. The highest BCUT2D eigenvalue weighted by atomic mass is 35.5. The molecular weight excluding hydrogens is 362 g/mol. The van der Waals surface area contributed by atoms with E-state index in [2.05, 4.69) is 17.6 Å². The summed E-state index contributed by atoms with van der Waals surface area (Å²) in [4.78, 5) is 12.5. The van der Waals surface area contributed by atoms with Crippen molar-refractivity contribution >= 4 is 34.0 Å². The van der Waals surface area contributed by atoms with Gasteiger partial charge in [-0.3, -0.25) is 9.10 Å². The van der Waals surface area contributed by atoms with Crippen molar-refractivity contribution in [3.63, 3.8) is 0 Å². The molecule has 1 fully saturated rings. The summed E-state index contributed by atoms with van der Waals surface area (Å²) in [6, 6.07) is 5.93. The Bertz CT molecular complexity index is 739. The van der Waals surface area contributed by atoms with Crippen LogP contribution < -0.4 is 14.9 Å². The summed E-state index contributed by atoms with van der Waals surface area (Å²) in [7, 11) is -3.28. The van der Waals surface area contributed by atoms with Gasteiger partial charge in [0, 0.05) is 24.2 Å². The second-order valence-corrected chi connectivity index (χ2v) is 8.74. The summed E-state index contributed by atoms with van der Waals surface area (Å²) >= 11 is 0. The Hall–Kier alpha value is -1.31. The van der Waals surface area contributed by atoms with Crippen LogP contribution in [0, 0.1) is 0 Å². The molecule has 140 valence electrons. The molecule has 1 saturated heterocycles. The molecule has 2 heterocycles. The number of hydrogen-bond donors (Lipinski definition) is 2. The highest BCUT2D eigenvalue weighted by Gasteiger charge is 2.25. The summed E-state index contributed by atoms with van der Waals surface area (Å²) < 4.78 is 25.2. The maximum Gasteiger partial charge on any atom is 0.251 e. The van der Waals surface area contributed by atoms with Crippen LogP contribution in [0.5, 0.6) is 0 Å². The maximum atomic E-state index is 12.5. The summed E-state index contributed by atoms with van der Waals surface area (Å²) in [6.45, 7) is 3.54. The Morgan fingerprint density at radius 3 is 2.80 bits per heavy atom. The van der Waals surface area contributed by atoms with Gasteiger partial charge >= 0.3 is 0 Å². The Balaban J connectivity index is 0.00000225. The number of anilines is 1. The van der Waals surface area contributed by atoms with E-state index in [4.69, 9.17) is 0 Å². The molecule has 0 spiro atoms. The Labute approximate surface area is 155 Å². The summed E-state index contributed by atoms with van der Waals surface area (Å²) in [5.74, 6) is -0.0756. The molecule has 0 radical (unpaired) electrons. The molecule has 8 heteroatoms. The van der Waals surface area contributed by atoms with E-state index >= 15 is 0 Å². The van der Waals surface area contributed by atoms with Crippen molar-refractivity contribution in [1.82, 2.24) is 10.6 Å². The van der Waals surface area contributed by atoms with Gasteiger partial charge in [-0.1, -0.05) is 0 Å². The fourth-order valence-electron chi connectivity index (χ4n) is 3.58. The number of rotatable bonds is 3. The van der Waals surface area contributed by atoms with Crippen LogP contribution in [0.25, 0.3) is 0 Å². The predicted octanol–water partition coefficient (Wildman–Crippen LogP) is 1.69. The van der Waals surface area contributed by atoms with Crippen LogP contribution in [0.2, 0.25) is 0 Å². The summed E-state index contributed by atoms with van der Waals surface area (Å²) in [5, 5.41) is 6.47. The van der Waals surface area contributed by atoms with Crippen molar-refractivity contribution in [2.75, 3.05) is 23.7 Å². The van der Waals surface area contributed by atoms with E-state index in [-0.39, 0.29) is 24.4 Å². The summed E-state index contributed by atoms with van der Waals surface area (Å²) in [5.41, 5.74) is 2.24. The highest BCUT2D eigenvalue weighted by molar-refractivity contribution is 7.92. The number of nitrogens with one attached hydrogen (secondary N) is 2. The van der Waals surface area contributed by atoms with E-state index in [1.165, 1.54) is 10.6 Å². The largest absolute Gasteiger partial charge is 0.349 e. The molecule has 0 aliphatic carbocycles. The van der Waals surface area contributed by atoms with Crippen molar-refractivity contribution in [1.29, 1.82) is 0 Å². The molecule has 0 saturated carbocycles. The van der Waals surface area contributed by atoms with Gasteiger partial charge in [-0.25, -0.2) is 8.42 Å². The van der Waals surface area contributed by atoms with Crippen LogP contribution in [-0.2, 0) is 16.4 Å². The average molecular weight is 388 g/mol. The molecule has 6 nitrogen and oxygen atoms in total. The number of halogens is 1. The van der Waals surface area contributed by atoms with Crippen LogP contribution >= 0.6 is 12.4 Å². The molecule has 0 aromatic heterocycles. The van der Waals surface area contributed by atoms with Crippen LogP contribution in [-0.4, -0.2) is 45.8 Å². The summed E-state index contributed by atoms with van der Waals surface area (Å²) in [6.07, 6.45) is 4.66. The normalized spacial score (nSPS) is 23.4. The topological polar surface area (TPSA) is 78.5 Å². The van der Waals surface area contributed by atoms with Gasteiger partial charge in [0.05, 0.1) is 11.9 Å². The van der Waals surface area contributed by atoms with Gasteiger partial charge in [0.1, 0.15) is 0 Å². The van der Waals surface area contributed by atoms with E-state index in [0.717, 1.165) is 37.8 Å². The highest BCUT2D eigenvalue weighted by Crippen LogP contribution is 2.30. The number of benzene rings is 1. The van der Waals surface area contributed by atoms with Gasteiger partial charge in [-0.05, 0) is 62.9 Å². The minimum atomic E-state index is -3.28. The second kappa shape index (κ2) is 7.93. The van der Waals surface area contributed by atoms with Gasteiger partial charge in [0.15, 0.2) is 0 Å². The third-order valence-corrected chi connectivity index (χ3v) is 5.96. The molecule has 25 heavy (non-hydrogen) atoms. The monoisotopic (exact) mass is 387 g/mol. The van der Waals surface area contributed by atoms with Crippen molar-refractivity contribution in [3.05, 3.63) is 29.3 Å². The lowest BCUT2D eigenvalue weighted by Gasteiger charge is -2.30. The number of amides is 1. The Kier molecular flexibility index (Phi) is 6.35. The van der Waals surface area contributed by atoms with Crippen molar-refractivity contribution in [2.24, 2.45) is 0 Å². The first-order valence-corrected chi connectivity index (χ1v) is 10.3. The molecule has 3 rings (SSSR count). The van der Waals surface area contributed by atoms with Gasteiger partial charge in [-0.15, -0.1) is 12.4 Å². The number of piperidine rings is 1. The Morgan fingerprint density at radius 1 is 1.36 bits per heavy atom. The van der Waals surface area contributed by atoms with E-state index in [9.17, 15) is 13.2 Å². The first-order chi connectivity index (χ1) is 11.3. The van der Waals surface area contributed by atoms with Crippen LogP contribution in [0.3, 0.4) is 0 Å². The quantitative estimate of drug-likeness (QED) is 0.827. The van der Waals surface area contributed by atoms with Crippen LogP contribution in [0.15, 0.2) is 18.2 Å². The molecule has 2 atom stereocenters. The predicted molar refractivity (Wildman–Crippen MR) is 102 cm³/mol. The number of aryl methyl sites for hydroxylation is 1. The first kappa shape index (κ1) is 20.0. The SMILES string of the molecule is CC1CC(NC(=O)c2ccc3c(c2)CCCN3S(C)(=O)=O)CCN1.Cl. The van der Waals surface area contributed by atoms with E-state index in [1.807, 2.05) is 6.07 Å². The third kappa shape index (κ3) is 4.65. The zero-order valence-electron chi connectivity index (χ0n) is 14.6. The van der Waals surface area contributed by atoms with Gasteiger partial charge in [-0.2, -0.15) is 0 Å². The van der Waals surface area contributed by atoms with Gasteiger partial charge in [0.25, 0.3) is 5.91 Å². The minimum absolute atomic E-state index is 0. The lowest BCUT2D eigenvalue weighted by atomic mass is 9.98. The molecule has 2 unspecified atom stereocenters. The molecule has 1 aromatic carbocycles. The zero-order chi connectivity index (χ0) is 17.3. The lowest BCUT2D eigenvalue weighted by Crippen LogP contribution is -2.46. The molecule has 0 bridgehead atoms. The molecular formula is C17H26ClN3O3S. The Morgan fingerprint density at radius 2 is 2.12 bits per heavy atom. The molecule has 2 N–H and O–H groups in total. The maximum absolute atomic E-state index is 12.5. The van der Waals surface area contributed by atoms with Crippen molar-refractivity contribution < 1.29 is 13.2 Å². The smallest absolute Gasteiger partial charge is 0.251 e. The number of fused-ring (bicyclic) bond motifs is 1. The average Bonchev–Trinajstić information content (AvgIpc) is 2.53. The number of hydrogen-bond acceptors (Lipinski definition) is 4. The first-order valence-electron chi connectivity index (χ1n) is 8.49. The molecule has 2 aliphatic rings. The van der Waals surface area contributed by atoms with Crippen LogP contribution in [0.4, 0.5) is 5.69 Å². The zero-order valence-corrected chi connectivity index (χ0v) is 16.3. The molecule has 1 aromatic rings. The third-order valence-electron chi connectivity index (χ3n) is 4.78. The fraction of sp³-hybridized carbons (Fsp3) is 0.588. The number of nitrogens with zero attached hydrogens (tertiary/aromatic N) is 1. The van der Waals surface area contributed by atoms with Gasteiger partial charge in [0.2, 0.25) is 10.0 Å². The second-order valence-electron chi connectivity index (χ2n) is 6.83. The van der Waals surface area contributed by atoms with Crippen molar-refractivity contribution in [3.8, 4) is 0 Å². The fourth-order valence-corrected chi connectivity index (χ4v) is 4.58. The lowest BCUT2D eigenvalue weighted by molar-refractivity contribution is 0.0925.